The summed E-state index contributed by atoms with van der Waals surface area (Å²) in [6.07, 6.45) is 0.796. The first-order chi connectivity index (χ1) is 15.9. The van der Waals surface area contributed by atoms with Gasteiger partial charge in [0.1, 0.15) is 18.5 Å². The van der Waals surface area contributed by atoms with Gasteiger partial charge in [-0.2, -0.15) is 0 Å². The maximum Gasteiger partial charge on any atom is 0.193 e. The van der Waals surface area contributed by atoms with E-state index >= 15 is 0 Å². The zero-order valence-corrected chi connectivity index (χ0v) is 22.9. The van der Waals surface area contributed by atoms with Crippen molar-refractivity contribution in [3.63, 3.8) is 0 Å². The van der Waals surface area contributed by atoms with E-state index in [9.17, 15) is 5.11 Å². The van der Waals surface area contributed by atoms with Crippen molar-refractivity contribution in [1.82, 2.24) is 0 Å². The Morgan fingerprint density at radius 3 is 2.44 bits per heavy atom. The topological polar surface area (TPSA) is 57.2 Å². The summed E-state index contributed by atoms with van der Waals surface area (Å²) in [6, 6.07) is 9.80. The van der Waals surface area contributed by atoms with Crippen LogP contribution in [0, 0.1) is 35.0 Å². The predicted octanol–water partition coefficient (Wildman–Crippen LogP) is 5.25. The number of aliphatic hydroxyl groups excluding tert-OH is 1. The Hall–Kier alpha value is -1.36. The molecule has 3 fully saturated rings. The van der Waals surface area contributed by atoms with Gasteiger partial charge in [-0.3, -0.25) is 0 Å². The van der Waals surface area contributed by atoms with E-state index in [1.54, 1.807) is 0 Å². The van der Waals surface area contributed by atoms with Crippen LogP contribution in [0.1, 0.15) is 47.5 Å². The van der Waals surface area contributed by atoms with Crippen LogP contribution in [0.5, 0.6) is 5.75 Å². The molecule has 2 aliphatic carbocycles. The summed E-state index contributed by atoms with van der Waals surface area (Å²) >= 11 is 0. The van der Waals surface area contributed by atoms with Gasteiger partial charge in [0.2, 0.25) is 0 Å². The molecule has 1 spiro atoms. The van der Waals surface area contributed by atoms with E-state index in [0.29, 0.717) is 26.2 Å². The fraction of sp³-hybridized carbons (Fsp3) is 0.714. The van der Waals surface area contributed by atoms with Crippen molar-refractivity contribution in [2.75, 3.05) is 19.8 Å². The molecule has 1 aromatic rings. The summed E-state index contributed by atoms with van der Waals surface area (Å²) in [7, 11) is -2.07. The molecule has 5 nitrogen and oxygen atoms in total. The molecule has 1 N–H and O–H groups in total. The molecule has 3 aliphatic rings. The van der Waals surface area contributed by atoms with Gasteiger partial charge in [-0.1, -0.05) is 64.7 Å². The monoisotopic (exact) mass is 486 g/mol. The number of para-hydroxylation sites is 1. The average Bonchev–Trinajstić information content (AvgIpc) is 3.30. The molecular weight excluding hydrogens is 444 g/mol. The summed E-state index contributed by atoms with van der Waals surface area (Å²) in [5.41, 5.74) is -0.127. The van der Waals surface area contributed by atoms with Gasteiger partial charge in [-0.05, 0) is 49.0 Å². The SMILES string of the molecule is CC1[C@H]2[C@H](C#C[C@@H](COc3ccccc3)O[Si](C)(C)C(C)(C)C)[C@@H](O)CC[C@@]2(C)C12OCCO2. The molecule has 6 heteroatoms. The fourth-order valence-electron chi connectivity index (χ4n) is 6.08. The minimum Gasteiger partial charge on any atom is -0.490 e. The molecule has 1 unspecified atom stereocenters. The molecule has 1 saturated heterocycles. The van der Waals surface area contributed by atoms with E-state index in [4.69, 9.17) is 18.6 Å². The van der Waals surface area contributed by atoms with Crippen molar-refractivity contribution in [3.8, 4) is 17.6 Å². The van der Waals surface area contributed by atoms with Crippen LogP contribution in [-0.2, 0) is 13.9 Å². The third kappa shape index (κ3) is 4.35. The van der Waals surface area contributed by atoms with Crippen molar-refractivity contribution in [3.05, 3.63) is 30.3 Å². The average molecular weight is 487 g/mol. The second-order valence-corrected chi connectivity index (χ2v) is 16.8. The molecule has 1 heterocycles. The molecule has 0 amide bonds. The molecule has 0 aromatic heterocycles. The van der Waals surface area contributed by atoms with Crippen LogP contribution < -0.4 is 4.74 Å². The van der Waals surface area contributed by atoms with E-state index in [0.717, 1.165) is 12.2 Å². The van der Waals surface area contributed by atoms with Gasteiger partial charge in [-0.15, -0.1) is 0 Å². The molecule has 34 heavy (non-hydrogen) atoms. The summed E-state index contributed by atoms with van der Waals surface area (Å²) in [6.45, 7) is 17.3. The smallest absolute Gasteiger partial charge is 0.193 e. The highest BCUT2D eigenvalue weighted by Gasteiger charge is 2.74. The Bertz CT molecular complexity index is 908. The zero-order valence-electron chi connectivity index (χ0n) is 21.9. The highest BCUT2D eigenvalue weighted by Crippen LogP contribution is 2.69. The maximum absolute atomic E-state index is 11.0. The van der Waals surface area contributed by atoms with Crippen LogP contribution in [0.3, 0.4) is 0 Å². The van der Waals surface area contributed by atoms with Crippen LogP contribution in [0.25, 0.3) is 0 Å². The number of fused-ring (bicyclic) bond motifs is 2. The van der Waals surface area contributed by atoms with Crippen molar-refractivity contribution in [2.24, 2.45) is 23.2 Å². The van der Waals surface area contributed by atoms with E-state index < -0.39 is 20.2 Å². The number of benzene rings is 1. The third-order valence-corrected chi connectivity index (χ3v) is 13.4. The quantitative estimate of drug-likeness (QED) is 0.455. The van der Waals surface area contributed by atoms with Crippen molar-refractivity contribution >= 4 is 8.32 Å². The first kappa shape index (κ1) is 25.7. The molecule has 0 bridgehead atoms. The predicted molar refractivity (Wildman–Crippen MR) is 136 cm³/mol. The largest absolute Gasteiger partial charge is 0.490 e. The Labute approximate surface area is 206 Å². The van der Waals surface area contributed by atoms with Gasteiger partial charge in [-0.25, -0.2) is 0 Å². The molecule has 2 saturated carbocycles. The van der Waals surface area contributed by atoms with Crippen molar-refractivity contribution < 1.29 is 23.7 Å². The fourth-order valence-corrected chi connectivity index (χ4v) is 7.27. The van der Waals surface area contributed by atoms with Crippen LogP contribution in [0.4, 0.5) is 0 Å². The number of ether oxygens (including phenoxy) is 3. The summed E-state index contributed by atoms with van der Waals surface area (Å²) in [5.74, 6) is 7.47. The third-order valence-electron chi connectivity index (χ3n) is 8.95. The standard InChI is InChI=1S/C28H42O5Si/c1-20-25-23(24(29)15-16-27(25,5)28(20)31-17-18-32-28)14-13-22(33-34(6,7)26(2,3)4)19-30-21-11-9-8-10-12-21/h8-12,20,22-25,29H,15-19H2,1-7H3/t20?,22-,23+,24-,25-,27+/m0/s1. The lowest BCUT2D eigenvalue weighted by molar-refractivity contribution is -0.380. The van der Waals surface area contributed by atoms with E-state index in [1.165, 1.54) is 0 Å². The van der Waals surface area contributed by atoms with E-state index in [1.807, 2.05) is 30.3 Å². The van der Waals surface area contributed by atoms with Crippen LogP contribution in [-0.4, -0.2) is 51.2 Å². The Morgan fingerprint density at radius 1 is 1.18 bits per heavy atom. The Balaban J connectivity index is 1.57. The molecule has 0 radical (unpaired) electrons. The minimum atomic E-state index is -2.07. The molecular formula is C28H42O5Si. The lowest BCUT2D eigenvalue weighted by Crippen LogP contribution is -2.73. The highest BCUT2D eigenvalue weighted by molar-refractivity contribution is 6.74. The number of hydrogen-bond donors (Lipinski definition) is 1. The van der Waals surface area contributed by atoms with E-state index in [2.05, 4.69) is 59.6 Å². The second kappa shape index (κ2) is 9.26. The number of aliphatic hydroxyl groups is 1. The Morgan fingerprint density at radius 2 is 1.82 bits per heavy atom. The molecule has 1 aromatic carbocycles. The lowest BCUT2D eigenvalue weighted by atomic mass is 9.42. The van der Waals surface area contributed by atoms with Gasteiger partial charge in [0.25, 0.3) is 0 Å². The van der Waals surface area contributed by atoms with Gasteiger partial charge in [0, 0.05) is 11.3 Å². The van der Waals surface area contributed by atoms with Gasteiger partial charge >= 0.3 is 0 Å². The molecule has 6 atom stereocenters. The minimum absolute atomic E-state index is 0.0641. The second-order valence-electron chi connectivity index (χ2n) is 12.0. The Kier molecular flexibility index (Phi) is 7.00. The maximum atomic E-state index is 11.0. The molecule has 188 valence electrons. The van der Waals surface area contributed by atoms with E-state index in [-0.39, 0.29) is 34.3 Å². The first-order valence-electron chi connectivity index (χ1n) is 12.7. The molecule has 4 rings (SSSR count). The van der Waals surface area contributed by atoms with Gasteiger partial charge in [0.05, 0.1) is 25.2 Å². The van der Waals surface area contributed by atoms with Crippen molar-refractivity contribution in [2.45, 2.75) is 83.6 Å². The van der Waals surface area contributed by atoms with Crippen LogP contribution in [0.2, 0.25) is 18.1 Å². The summed E-state index contributed by atoms with van der Waals surface area (Å²) in [5, 5.41) is 11.1. The van der Waals surface area contributed by atoms with Gasteiger partial charge in [0.15, 0.2) is 14.1 Å². The van der Waals surface area contributed by atoms with Crippen molar-refractivity contribution in [1.29, 1.82) is 0 Å². The summed E-state index contributed by atoms with van der Waals surface area (Å²) < 4.78 is 25.1. The van der Waals surface area contributed by atoms with Crippen LogP contribution >= 0.6 is 0 Å². The normalized spacial score (nSPS) is 33.4. The number of hydrogen-bond acceptors (Lipinski definition) is 5. The zero-order chi connectivity index (χ0) is 24.8. The van der Waals surface area contributed by atoms with Crippen LogP contribution in [0.15, 0.2) is 30.3 Å². The van der Waals surface area contributed by atoms with Gasteiger partial charge < -0.3 is 23.7 Å². The first-order valence-corrected chi connectivity index (χ1v) is 15.6. The highest BCUT2D eigenvalue weighted by atomic mass is 28.4. The number of rotatable bonds is 5. The molecule has 1 aliphatic heterocycles. The lowest BCUT2D eigenvalue weighted by Gasteiger charge is -2.68. The summed E-state index contributed by atoms with van der Waals surface area (Å²) in [4.78, 5) is 0.